The van der Waals surface area contributed by atoms with Crippen molar-refractivity contribution in [2.24, 2.45) is 5.92 Å². The molecule has 4 heteroatoms. The van der Waals surface area contributed by atoms with Crippen LogP contribution in [0.15, 0.2) is 0 Å². The van der Waals surface area contributed by atoms with Crippen LogP contribution < -0.4 is 0 Å². The molecule has 0 aliphatic carbocycles. The van der Waals surface area contributed by atoms with E-state index in [9.17, 15) is 9.90 Å². The van der Waals surface area contributed by atoms with Crippen molar-refractivity contribution in [2.45, 2.75) is 72.1 Å². The molecule has 2 atom stereocenters. The first kappa shape index (κ1) is 17.4. The number of aliphatic hydroxyl groups excluding tert-OH is 1. The van der Waals surface area contributed by atoms with Crippen molar-refractivity contribution in [1.82, 2.24) is 9.80 Å². The van der Waals surface area contributed by atoms with E-state index in [2.05, 4.69) is 32.6 Å². The van der Waals surface area contributed by atoms with Crippen LogP contribution in [0.2, 0.25) is 0 Å². The van der Waals surface area contributed by atoms with E-state index >= 15 is 0 Å². The number of likely N-dealkylation sites (tertiary alicyclic amines) is 1. The van der Waals surface area contributed by atoms with Crippen LogP contribution in [-0.2, 0) is 4.79 Å². The van der Waals surface area contributed by atoms with Crippen molar-refractivity contribution in [1.29, 1.82) is 0 Å². The van der Waals surface area contributed by atoms with Gasteiger partial charge in [-0.15, -0.1) is 0 Å². The summed E-state index contributed by atoms with van der Waals surface area (Å²) in [6.45, 7) is 12.6. The SMILES string of the molecule is CC(C)CN(C(=O)CN1CCCC1CC(C)O)C(C)C. The first-order valence-electron chi connectivity index (χ1n) is 8.02. The summed E-state index contributed by atoms with van der Waals surface area (Å²) in [7, 11) is 0. The fourth-order valence-electron chi connectivity index (χ4n) is 3.02. The number of carbonyl (C=O) groups excluding carboxylic acids is 1. The van der Waals surface area contributed by atoms with E-state index in [4.69, 9.17) is 0 Å². The van der Waals surface area contributed by atoms with E-state index in [-0.39, 0.29) is 18.1 Å². The Kier molecular flexibility index (Phi) is 6.96. The molecular formula is C16H32N2O2. The smallest absolute Gasteiger partial charge is 0.236 e. The molecule has 0 spiro atoms. The van der Waals surface area contributed by atoms with E-state index in [0.717, 1.165) is 32.4 Å². The lowest BCUT2D eigenvalue weighted by molar-refractivity contribution is -0.135. The van der Waals surface area contributed by atoms with Crippen LogP contribution in [0.4, 0.5) is 0 Å². The Hall–Kier alpha value is -0.610. The van der Waals surface area contributed by atoms with E-state index in [0.29, 0.717) is 18.5 Å². The molecule has 1 amide bonds. The number of aliphatic hydroxyl groups is 1. The number of rotatable bonds is 7. The monoisotopic (exact) mass is 284 g/mol. The number of carbonyl (C=O) groups is 1. The lowest BCUT2D eigenvalue weighted by Crippen LogP contribution is -2.46. The first-order chi connectivity index (χ1) is 9.31. The van der Waals surface area contributed by atoms with Crippen LogP contribution >= 0.6 is 0 Å². The van der Waals surface area contributed by atoms with E-state index < -0.39 is 0 Å². The van der Waals surface area contributed by atoms with Crippen LogP contribution in [0.5, 0.6) is 0 Å². The normalized spacial score (nSPS) is 21.7. The van der Waals surface area contributed by atoms with Gasteiger partial charge in [0.05, 0.1) is 12.6 Å². The number of hydrogen-bond donors (Lipinski definition) is 1. The van der Waals surface area contributed by atoms with Crippen molar-refractivity contribution >= 4 is 5.91 Å². The highest BCUT2D eigenvalue weighted by molar-refractivity contribution is 5.78. The van der Waals surface area contributed by atoms with E-state index in [1.807, 2.05) is 11.8 Å². The number of amides is 1. The highest BCUT2D eigenvalue weighted by Gasteiger charge is 2.29. The predicted octanol–water partition coefficient (Wildman–Crippen LogP) is 2.11. The molecule has 1 saturated heterocycles. The summed E-state index contributed by atoms with van der Waals surface area (Å²) in [6, 6.07) is 0.620. The van der Waals surface area contributed by atoms with Gasteiger partial charge in [-0.3, -0.25) is 9.69 Å². The molecule has 1 fully saturated rings. The Balaban J connectivity index is 2.58. The largest absolute Gasteiger partial charge is 0.393 e. The minimum absolute atomic E-state index is 0.228. The van der Waals surface area contributed by atoms with Gasteiger partial charge < -0.3 is 10.0 Å². The van der Waals surface area contributed by atoms with E-state index in [1.165, 1.54) is 0 Å². The molecule has 0 aromatic carbocycles. The minimum atomic E-state index is -0.285. The Morgan fingerprint density at radius 2 is 1.95 bits per heavy atom. The second-order valence-electron chi connectivity index (χ2n) is 6.88. The lowest BCUT2D eigenvalue weighted by Gasteiger charge is -2.32. The average Bonchev–Trinajstić information content (AvgIpc) is 2.71. The molecule has 0 aromatic heterocycles. The van der Waals surface area contributed by atoms with Crippen molar-refractivity contribution in [2.75, 3.05) is 19.6 Å². The summed E-state index contributed by atoms with van der Waals surface area (Å²) in [5.41, 5.74) is 0. The third kappa shape index (κ3) is 5.41. The van der Waals surface area contributed by atoms with Crippen molar-refractivity contribution in [3.05, 3.63) is 0 Å². The second kappa shape index (κ2) is 7.99. The Labute approximate surface area is 124 Å². The molecule has 1 rings (SSSR count). The zero-order valence-corrected chi connectivity index (χ0v) is 13.8. The fraction of sp³-hybridized carbons (Fsp3) is 0.938. The molecular weight excluding hydrogens is 252 g/mol. The van der Waals surface area contributed by atoms with Gasteiger partial charge in [-0.1, -0.05) is 13.8 Å². The third-order valence-corrected chi connectivity index (χ3v) is 3.96. The molecule has 0 bridgehead atoms. The molecule has 1 heterocycles. The average molecular weight is 284 g/mol. The van der Waals surface area contributed by atoms with Gasteiger partial charge in [-0.2, -0.15) is 0 Å². The van der Waals surface area contributed by atoms with Crippen LogP contribution in [0.3, 0.4) is 0 Å². The van der Waals surface area contributed by atoms with E-state index in [1.54, 1.807) is 0 Å². The van der Waals surface area contributed by atoms with Crippen LogP contribution in [0.1, 0.15) is 53.9 Å². The van der Waals surface area contributed by atoms with Gasteiger partial charge in [0.15, 0.2) is 0 Å². The second-order valence-corrected chi connectivity index (χ2v) is 6.88. The predicted molar refractivity (Wildman–Crippen MR) is 82.6 cm³/mol. The third-order valence-electron chi connectivity index (χ3n) is 3.96. The molecule has 1 N–H and O–H groups in total. The maximum absolute atomic E-state index is 12.5. The summed E-state index contributed by atoms with van der Waals surface area (Å²) < 4.78 is 0. The van der Waals surface area contributed by atoms with Gasteiger partial charge in [0.1, 0.15) is 0 Å². The maximum atomic E-state index is 12.5. The van der Waals surface area contributed by atoms with Crippen LogP contribution in [0, 0.1) is 5.92 Å². The Morgan fingerprint density at radius 3 is 2.45 bits per heavy atom. The zero-order valence-electron chi connectivity index (χ0n) is 13.8. The standard InChI is InChI=1S/C16H32N2O2/c1-12(2)10-18(13(3)4)16(20)11-17-8-6-7-15(17)9-14(5)19/h12-15,19H,6-11H2,1-5H3. The molecule has 1 aliphatic rings. The van der Waals surface area contributed by atoms with Gasteiger partial charge >= 0.3 is 0 Å². The fourth-order valence-corrected chi connectivity index (χ4v) is 3.02. The van der Waals surface area contributed by atoms with Gasteiger partial charge in [-0.05, 0) is 52.5 Å². The number of nitrogens with zero attached hydrogens (tertiary/aromatic N) is 2. The summed E-state index contributed by atoms with van der Waals surface area (Å²) in [4.78, 5) is 16.8. The Bertz CT molecular complexity index is 303. The topological polar surface area (TPSA) is 43.8 Å². The highest BCUT2D eigenvalue weighted by atomic mass is 16.3. The summed E-state index contributed by atoms with van der Waals surface area (Å²) in [6.07, 6.45) is 2.73. The Morgan fingerprint density at radius 1 is 1.30 bits per heavy atom. The summed E-state index contributed by atoms with van der Waals surface area (Å²) >= 11 is 0. The highest BCUT2D eigenvalue weighted by Crippen LogP contribution is 2.21. The van der Waals surface area contributed by atoms with Gasteiger partial charge in [0.2, 0.25) is 5.91 Å². The van der Waals surface area contributed by atoms with Crippen molar-refractivity contribution < 1.29 is 9.90 Å². The van der Waals surface area contributed by atoms with Crippen LogP contribution in [0.25, 0.3) is 0 Å². The maximum Gasteiger partial charge on any atom is 0.236 e. The first-order valence-corrected chi connectivity index (χ1v) is 8.02. The lowest BCUT2D eigenvalue weighted by atomic mass is 10.1. The van der Waals surface area contributed by atoms with Gasteiger partial charge in [0.25, 0.3) is 0 Å². The molecule has 1 aliphatic heterocycles. The molecule has 0 aromatic rings. The quantitative estimate of drug-likeness (QED) is 0.779. The van der Waals surface area contributed by atoms with Crippen LogP contribution in [-0.4, -0.2) is 58.6 Å². The number of hydrogen-bond acceptors (Lipinski definition) is 3. The van der Waals surface area contributed by atoms with Gasteiger partial charge in [-0.25, -0.2) is 0 Å². The molecule has 4 nitrogen and oxygen atoms in total. The molecule has 2 unspecified atom stereocenters. The minimum Gasteiger partial charge on any atom is -0.393 e. The molecule has 118 valence electrons. The molecule has 0 radical (unpaired) electrons. The zero-order chi connectivity index (χ0) is 15.3. The summed E-state index contributed by atoms with van der Waals surface area (Å²) in [5, 5.41) is 9.56. The molecule has 20 heavy (non-hydrogen) atoms. The molecule has 0 saturated carbocycles. The van der Waals surface area contributed by atoms with Gasteiger partial charge in [0, 0.05) is 18.6 Å². The van der Waals surface area contributed by atoms with Crippen molar-refractivity contribution in [3.8, 4) is 0 Å². The van der Waals surface area contributed by atoms with Crippen molar-refractivity contribution in [3.63, 3.8) is 0 Å². The summed E-state index contributed by atoms with van der Waals surface area (Å²) in [5.74, 6) is 0.722.